The number of aromatic amines is 1. The van der Waals surface area contributed by atoms with E-state index in [2.05, 4.69) is 30.9 Å². The van der Waals surface area contributed by atoms with Crippen LogP contribution in [0, 0.1) is 0 Å². The predicted octanol–water partition coefficient (Wildman–Crippen LogP) is 3.33. The summed E-state index contributed by atoms with van der Waals surface area (Å²) in [6.07, 6.45) is 1.76. The summed E-state index contributed by atoms with van der Waals surface area (Å²) in [6, 6.07) is 15.0. The minimum absolute atomic E-state index is 0.213. The van der Waals surface area contributed by atoms with Gasteiger partial charge in [0.2, 0.25) is 5.91 Å². The number of carbonyl (C=O) groups is 1. The molecule has 0 saturated heterocycles. The highest BCUT2D eigenvalue weighted by Crippen LogP contribution is 2.25. The third-order valence-corrected chi connectivity index (χ3v) is 5.71. The van der Waals surface area contributed by atoms with Crippen LogP contribution in [-0.4, -0.2) is 25.4 Å². The van der Waals surface area contributed by atoms with Crippen molar-refractivity contribution < 1.29 is 4.79 Å². The van der Waals surface area contributed by atoms with Gasteiger partial charge in [-0.15, -0.1) is 0 Å². The number of nitrogens with one attached hydrogen (secondary N) is 1. The van der Waals surface area contributed by atoms with E-state index >= 15 is 0 Å². The SMILES string of the molecule is NC(=O)Cn1c(CSc2ncc(-c3ccc(Br)cc3)[nH]2)nc2ccccc2c1=O. The van der Waals surface area contributed by atoms with Gasteiger partial charge in [-0.1, -0.05) is 52.0 Å². The van der Waals surface area contributed by atoms with Crippen LogP contribution in [0.3, 0.4) is 0 Å². The summed E-state index contributed by atoms with van der Waals surface area (Å²) in [4.78, 5) is 36.5. The number of thioether (sulfide) groups is 1. The topological polar surface area (TPSA) is 107 Å². The van der Waals surface area contributed by atoms with Crippen molar-refractivity contribution in [2.24, 2.45) is 5.73 Å². The molecule has 29 heavy (non-hydrogen) atoms. The van der Waals surface area contributed by atoms with Crippen LogP contribution in [0.25, 0.3) is 22.2 Å². The van der Waals surface area contributed by atoms with Crippen molar-refractivity contribution in [3.8, 4) is 11.3 Å². The van der Waals surface area contributed by atoms with E-state index in [-0.39, 0.29) is 12.1 Å². The summed E-state index contributed by atoms with van der Waals surface area (Å²) in [5.74, 6) is 0.241. The number of nitrogens with two attached hydrogens (primary N) is 1. The lowest BCUT2D eigenvalue weighted by Crippen LogP contribution is -2.31. The van der Waals surface area contributed by atoms with E-state index in [0.717, 1.165) is 15.7 Å². The maximum absolute atomic E-state index is 12.8. The third kappa shape index (κ3) is 4.25. The maximum Gasteiger partial charge on any atom is 0.261 e. The van der Waals surface area contributed by atoms with E-state index in [1.807, 2.05) is 30.3 Å². The van der Waals surface area contributed by atoms with Crippen LogP contribution in [0.4, 0.5) is 0 Å². The largest absolute Gasteiger partial charge is 0.368 e. The summed E-state index contributed by atoms with van der Waals surface area (Å²) in [5.41, 5.74) is 7.55. The number of nitrogens with zero attached hydrogens (tertiary/aromatic N) is 3. The van der Waals surface area contributed by atoms with Crippen LogP contribution in [0.15, 0.2) is 69.2 Å². The van der Waals surface area contributed by atoms with Crippen molar-refractivity contribution in [1.29, 1.82) is 0 Å². The third-order valence-electron chi connectivity index (χ3n) is 4.30. The molecule has 4 rings (SSSR count). The van der Waals surface area contributed by atoms with Gasteiger partial charge in [0.15, 0.2) is 5.16 Å². The molecule has 9 heteroatoms. The average molecular weight is 470 g/mol. The van der Waals surface area contributed by atoms with Gasteiger partial charge in [-0.05, 0) is 29.8 Å². The van der Waals surface area contributed by atoms with Crippen molar-refractivity contribution in [3.05, 3.63) is 75.4 Å². The Bertz CT molecular complexity index is 1250. The first-order chi connectivity index (χ1) is 14.0. The number of benzene rings is 2. The molecule has 0 unspecified atom stereocenters. The second-order valence-corrected chi connectivity index (χ2v) is 8.18. The first kappa shape index (κ1) is 19.4. The fourth-order valence-electron chi connectivity index (χ4n) is 2.93. The highest BCUT2D eigenvalue weighted by molar-refractivity contribution is 9.10. The highest BCUT2D eigenvalue weighted by Gasteiger charge is 2.14. The lowest BCUT2D eigenvalue weighted by Gasteiger charge is -2.11. The van der Waals surface area contributed by atoms with Crippen molar-refractivity contribution in [1.82, 2.24) is 19.5 Å². The molecule has 4 aromatic rings. The number of amides is 1. The van der Waals surface area contributed by atoms with E-state index < -0.39 is 5.91 Å². The lowest BCUT2D eigenvalue weighted by molar-refractivity contribution is -0.118. The molecule has 0 aliphatic heterocycles. The number of rotatable bonds is 6. The quantitative estimate of drug-likeness (QED) is 0.421. The first-order valence-corrected chi connectivity index (χ1v) is 10.5. The Hall–Kier alpha value is -2.91. The van der Waals surface area contributed by atoms with Crippen LogP contribution >= 0.6 is 27.7 Å². The molecule has 1 amide bonds. The number of primary amides is 1. The molecule has 0 fully saturated rings. The minimum atomic E-state index is -0.592. The molecule has 0 aliphatic rings. The second-order valence-electron chi connectivity index (χ2n) is 6.30. The molecule has 2 heterocycles. The molecule has 0 saturated carbocycles. The Labute approximate surface area is 178 Å². The second kappa shape index (κ2) is 8.22. The summed E-state index contributed by atoms with van der Waals surface area (Å²) >= 11 is 4.82. The number of hydrogen-bond acceptors (Lipinski definition) is 5. The normalized spacial score (nSPS) is 11.1. The zero-order valence-electron chi connectivity index (χ0n) is 15.1. The number of imidazole rings is 1. The van der Waals surface area contributed by atoms with E-state index in [1.165, 1.54) is 16.3 Å². The Kier molecular flexibility index (Phi) is 5.50. The van der Waals surface area contributed by atoms with Gasteiger partial charge in [-0.25, -0.2) is 9.97 Å². The van der Waals surface area contributed by atoms with Gasteiger partial charge in [0, 0.05) is 4.47 Å². The van der Waals surface area contributed by atoms with Gasteiger partial charge >= 0.3 is 0 Å². The van der Waals surface area contributed by atoms with E-state index in [4.69, 9.17) is 5.73 Å². The number of aromatic nitrogens is 4. The Morgan fingerprint density at radius 3 is 2.69 bits per heavy atom. The molecule has 0 spiro atoms. The van der Waals surface area contributed by atoms with E-state index in [1.54, 1.807) is 24.4 Å². The molecule has 0 radical (unpaired) electrons. The van der Waals surface area contributed by atoms with E-state index in [9.17, 15) is 9.59 Å². The predicted molar refractivity (Wildman–Crippen MR) is 116 cm³/mol. The molecule has 0 bridgehead atoms. The molecule has 2 aromatic carbocycles. The first-order valence-electron chi connectivity index (χ1n) is 8.72. The number of carbonyl (C=O) groups excluding carboxylic acids is 1. The number of para-hydroxylation sites is 1. The van der Waals surface area contributed by atoms with Crippen LogP contribution in [-0.2, 0) is 17.1 Å². The van der Waals surface area contributed by atoms with Crippen molar-refractivity contribution in [2.45, 2.75) is 17.5 Å². The fraction of sp³-hybridized carbons (Fsp3) is 0.100. The van der Waals surface area contributed by atoms with E-state index in [0.29, 0.717) is 27.6 Å². The summed E-state index contributed by atoms with van der Waals surface area (Å²) in [6.45, 7) is -0.213. The van der Waals surface area contributed by atoms with Gasteiger partial charge in [-0.2, -0.15) is 0 Å². The zero-order chi connectivity index (χ0) is 20.4. The van der Waals surface area contributed by atoms with Crippen molar-refractivity contribution in [2.75, 3.05) is 0 Å². The molecular formula is C20H16BrN5O2S. The van der Waals surface area contributed by atoms with Crippen LogP contribution in [0.1, 0.15) is 5.82 Å². The van der Waals surface area contributed by atoms with Gasteiger partial charge in [0.05, 0.1) is 28.5 Å². The Morgan fingerprint density at radius 2 is 1.93 bits per heavy atom. The smallest absolute Gasteiger partial charge is 0.261 e. The van der Waals surface area contributed by atoms with Crippen LogP contribution in [0.2, 0.25) is 0 Å². The molecular weight excluding hydrogens is 454 g/mol. The Balaban J connectivity index is 1.62. The average Bonchev–Trinajstić information content (AvgIpc) is 3.18. The van der Waals surface area contributed by atoms with Crippen LogP contribution < -0.4 is 11.3 Å². The zero-order valence-corrected chi connectivity index (χ0v) is 17.5. The highest BCUT2D eigenvalue weighted by atomic mass is 79.9. The molecule has 0 aliphatic carbocycles. The van der Waals surface area contributed by atoms with Crippen LogP contribution in [0.5, 0.6) is 0 Å². The minimum Gasteiger partial charge on any atom is -0.368 e. The Morgan fingerprint density at radius 1 is 1.17 bits per heavy atom. The standard InChI is InChI=1S/C20H16BrN5O2S/c21-13-7-5-12(6-8-13)16-9-23-20(25-16)29-11-18-24-15-4-2-1-3-14(15)19(28)26(18)10-17(22)27/h1-9H,10-11H2,(H2,22,27)(H,23,25). The lowest BCUT2D eigenvalue weighted by atomic mass is 10.2. The van der Waals surface area contributed by atoms with Gasteiger partial charge in [-0.3, -0.25) is 14.2 Å². The molecule has 7 nitrogen and oxygen atoms in total. The van der Waals surface area contributed by atoms with Gasteiger partial charge in [0.25, 0.3) is 5.56 Å². The number of H-pyrrole nitrogens is 1. The number of halogens is 1. The fourth-order valence-corrected chi connectivity index (χ4v) is 3.99. The molecule has 0 atom stereocenters. The summed E-state index contributed by atoms with van der Waals surface area (Å²) in [5, 5.41) is 1.15. The molecule has 3 N–H and O–H groups in total. The molecule has 146 valence electrons. The number of hydrogen-bond donors (Lipinski definition) is 2. The summed E-state index contributed by atoms with van der Waals surface area (Å²) in [7, 11) is 0. The molecule has 2 aromatic heterocycles. The van der Waals surface area contributed by atoms with Crippen molar-refractivity contribution >= 4 is 44.5 Å². The van der Waals surface area contributed by atoms with Crippen molar-refractivity contribution in [3.63, 3.8) is 0 Å². The monoisotopic (exact) mass is 469 g/mol. The summed E-state index contributed by atoms with van der Waals surface area (Å²) < 4.78 is 2.33. The maximum atomic E-state index is 12.8. The van der Waals surface area contributed by atoms with Gasteiger partial charge < -0.3 is 10.7 Å². The van der Waals surface area contributed by atoms with Gasteiger partial charge in [0.1, 0.15) is 12.4 Å². The number of fused-ring (bicyclic) bond motifs is 1.